The van der Waals surface area contributed by atoms with Crippen LogP contribution in [0.15, 0.2) is 0 Å². The topological polar surface area (TPSA) is 56.3 Å². The molecule has 0 saturated heterocycles. The molecule has 0 fully saturated rings. The van der Waals surface area contributed by atoms with Crippen molar-refractivity contribution in [2.24, 2.45) is 0 Å². The smallest absolute Gasteiger partial charge is 0.135 e. The predicted octanol–water partition coefficient (Wildman–Crippen LogP) is 1.91. The van der Waals surface area contributed by atoms with E-state index in [2.05, 4.69) is 14.9 Å². The molecular formula is C10H19N3O2S. The highest BCUT2D eigenvalue weighted by Gasteiger charge is 2.06. The second kappa shape index (κ2) is 7.54. The van der Waals surface area contributed by atoms with Crippen LogP contribution >= 0.6 is 11.5 Å². The van der Waals surface area contributed by atoms with Crippen molar-refractivity contribution in [3.05, 3.63) is 5.69 Å². The number of nitrogens with zero attached hydrogens (tertiary/aromatic N) is 2. The third kappa shape index (κ3) is 4.87. The van der Waals surface area contributed by atoms with Crippen molar-refractivity contribution >= 4 is 16.5 Å². The number of anilines is 1. The van der Waals surface area contributed by atoms with Crippen LogP contribution in [0, 0.1) is 0 Å². The molecule has 6 heteroatoms. The van der Waals surface area contributed by atoms with Gasteiger partial charge in [-0.05, 0) is 20.8 Å². The Morgan fingerprint density at radius 3 is 2.88 bits per heavy atom. The number of ether oxygens (including phenoxy) is 2. The third-order valence-corrected chi connectivity index (χ3v) is 2.54. The lowest BCUT2D eigenvalue weighted by molar-refractivity contribution is 0.0136. The molecule has 1 aromatic heterocycles. The van der Waals surface area contributed by atoms with Gasteiger partial charge in [-0.2, -0.15) is 0 Å². The first-order chi connectivity index (χ1) is 7.74. The standard InChI is InChI=1S/C10H19N3O2S/c1-4-11-10-9(12-13-16-10)7-14-5-6-15-8(2)3/h8,11H,4-7H2,1-3H3. The fraction of sp³-hybridized carbons (Fsp3) is 0.800. The van der Waals surface area contributed by atoms with E-state index in [1.165, 1.54) is 11.5 Å². The summed E-state index contributed by atoms with van der Waals surface area (Å²) in [6.07, 6.45) is 0.252. The number of hydrogen-bond acceptors (Lipinski definition) is 6. The zero-order valence-corrected chi connectivity index (χ0v) is 10.8. The maximum atomic E-state index is 5.45. The summed E-state index contributed by atoms with van der Waals surface area (Å²) >= 11 is 1.36. The summed E-state index contributed by atoms with van der Waals surface area (Å²) in [5.41, 5.74) is 0.872. The minimum Gasteiger partial charge on any atom is -0.376 e. The van der Waals surface area contributed by atoms with Gasteiger partial charge in [0.25, 0.3) is 0 Å². The van der Waals surface area contributed by atoms with Gasteiger partial charge in [0.2, 0.25) is 0 Å². The van der Waals surface area contributed by atoms with Gasteiger partial charge in [-0.25, -0.2) is 0 Å². The summed E-state index contributed by atoms with van der Waals surface area (Å²) in [4.78, 5) is 0. The second-order valence-corrected chi connectivity index (χ2v) is 4.31. The zero-order chi connectivity index (χ0) is 11.8. The molecule has 92 valence electrons. The maximum absolute atomic E-state index is 5.45. The van der Waals surface area contributed by atoms with Gasteiger partial charge in [0.1, 0.15) is 10.7 Å². The molecule has 5 nitrogen and oxygen atoms in total. The van der Waals surface area contributed by atoms with Crippen molar-refractivity contribution in [1.82, 2.24) is 9.59 Å². The number of nitrogens with one attached hydrogen (secondary N) is 1. The van der Waals surface area contributed by atoms with Gasteiger partial charge in [0.15, 0.2) is 0 Å². The lowest BCUT2D eigenvalue weighted by Crippen LogP contribution is -2.10. The second-order valence-electron chi connectivity index (χ2n) is 3.55. The molecule has 1 heterocycles. The molecule has 0 amide bonds. The van der Waals surface area contributed by atoms with E-state index in [1.54, 1.807) is 0 Å². The van der Waals surface area contributed by atoms with Crippen LogP contribution in [-0.4, -0.2) is 35.4 Å². The van der Waals surface area contributed by atoms with Gasteiger partial charge in [0, 0.05) is 18.1 Å². The number of aromatic nitrogens is 2. The molecule has 1 N–H and O–H groups in total. The highest BCUT2D eigenvalue weighted by Crippen LogP contribution is 2.17. The minimum atomic E-state index is 0.252. The fourth-order valence-corrected chi connectivity index (χ4v) is 1.74. The van der Waals surface area contributed by atoms with Gasteiger partial charge in [0.05, 0.1) is 25.9 Å². The van der Waals surface area contributed by atoms with Crippen molar-refractivity contribution in [2.75, 3.05) is 25.1 Å². The Morgan fingerprint density at radius 2 is 2.19 bits per heavy atom. The largest absolute Gasteiger partial charge is 0.376 e. The van der Waals surface area contributed by atoms with E-state index in [0.29, 0.717) is 19.8 Å². The summed E-state index contributed by atoms with van der Waals surface area (Å²) in [6, 6.07) is 0. The van der Waals surface area contributed by atoms with Gasteiger partial charge in [-0.15, -0.1) is 5.10 Å². The fourth-order valence-electron chi connectivity index (χ4n) is 1.11. The van der Waals surface area contributed by atoms with E-state index < -0.39 is 0 Å². The van der Waals surface area contributed by atoms with Crippen LogP contribution in [0.1, 0.15) is 26.5 Å². The van der Waals surface area contributed by atoms with Crippen LogP contribution in [0.4, 0.5) is 5.00 Å². The van der Waals surface area contributed by atoms with E-state index in [-0.39, 0.29) is 6.10 Å². The molecule has 0 atom stereocenters. The first-order valence-electron chi connectivity index (χ1n) is 5.48. The Hall–Kier alpha value is -0.720. The molecule has 0 spiro atoms. The quantitative estimate of drug-likeness (QED) is 0.709. The van der Waals surface area contributed by atoms with E-state index >= 15 is 0 Å². The van der Waals surface area contributed by atoms with Crippen molar-refractivity contribution in [2.45, 2.75) is 33.5 Å². The van der Waals surface area contributed by atoms with Crippen LogP contribution in [0.5, 0.6) is 0 Å². The van der Waals surface area contributed by atoms with Crippen LogP contribution in [0.3, 0.4) is 0 Å². The van der Waals surface area contributed by atoms with E-state index in [9.17, 15) is 0 Å². The summed E-state index contributed by atoms with van der Waals surface area (Å²) in [5.74, 6) is 0. The average molecular weight is 245 g/mol. The van der Waals surface area contributed by atoms with E-state index in [1.807, 2.05) is 20.8 Å². The van der Waals surface area contributed by atoms with Crippen molar-refractivity contribution in [3.8, 4) is 0 Å². The number of rotatable bonds is 8. The normalized spacial score (nSPS) is 11.0. The SMILES string of the molecule is CCNc1snnc1COCCOC(C)C. The average Bonchev–Trinajstić information content (AvgIpc) is 2.65. The van der Waals surface area contributed by atoms with Gasteiger partial charge < -0.3 is 14.8 Å². The molecule has 16 heavy (non-hydrogen) atoms. The van der Waals surface area contributed by atoms with Crippen molar-refractivity contribution in [1.29, 1.82) is 0 Å². The summed E-state index contributed by atoms with van der Waals surface area (Å²) in [6.45, 7) is 8.61. The minimum absolute atomic E-state index is 0.252. The molecule has 0 unspecified atom stereocenters. The summed E-state index contributed by atoms with van der Waals surface area (Å²) in [7, 11) is 0. The van der Waals surface area contributed by atoms with Crippen LogP contribution in [-0.2, 0) is 16.1 Å². The lowest BCUT2D eigenvalue weighted by Gasteiger charge is -2.07. The molecule has 0 aromatic carbocycles. The summed E-state index contributed by atoms with van der Waals surface area (Å²) < 4.78 is 14.7. The molecule has 0 saturated carbocycles. The highest BCUT2D eigenvalue weighted by atomic mass is 32.1. The Kier molecular flexibility index (Phi) is 6.29. The zero-order valence-electron chi connectivity index (χ0n) is 10.0. The highest BCUT2D eigenvalue weighted by molar-refractivity contribution is 7.10. The Labute approximate surface area is 100 Å². The Morgan fingerprint density at radius 1 is 1.38 bits per heavy atom. The van der Waals surface area contributed by atoms with E-state index in [0.717, 1.165) is 17.2 Å². The van der Waals surface area contributed by atoms with Gasteiger partial charge in [-0.3, -0.25) is 0 Å². The molecule has 1 rings (SSSR count). The lowest BCUT2D eigenvalue weighted by atomic mass is 10.5. The predicted molar refractivity (Wildman–Crippen MR) is 64.8 cm³/mol. The monoisotopic (exact) mass is 245 g/mol. The van der Waals surface area contributed by atoms with Gasteiger partial charge >= 0.3 is 0 Å². The number of hydrogen-bond donors (Lipinski definition) is 1. The molecular weight excluding hydrogens is 226 g/mol. The third-order valence-electron chi connectivity index (χ3n) is 1.81. The van der Waals surface area contributed by atoms with Crippen molar-refractivity contribution < 1.29 is 9.47 Å². The maximum Gasteiger partial charge on any atom is 0.135 e. The molecule has 1 aromatic rings. The molecule has 0 aliphatic carbocycles. The Bertz CT molecular complexity index is 291. The first kappa shape index (κ1) is 13.3. The van der Waals surface area contributed by atoms with E-state index in [4.69, 9.17) is 9.47 Å². The Balaban J connectivity index is 2.18. The molecule has 0 radical (unpaired) electrons. The molecule has 0 aliphatic heterocycles. The van der Waals surface area contributed by atoms with Crippen LogP contribution in [0.25, 0.3) is 0 Å². The van der Waals surface area contributed by atoms with Gasteiger partial charge in [-0.1, -0.05) is 4.49 Å². The van der Waals surface area contributed by atoms with Crippen LogP contribution in [0.2, 0.25) is 0 Å². The first-order valence-corrected chi connectivity index (χ1v) is 6.25. The molecule has 0 bridgehead atoms. The van der Waals surface area contributed by atoms with Crippen LogP contribution < -0.4 is 5.32 Å². The molecule has 0 aliphatic rings. The summed E-state index contributed by atoms with van der Waals surface area (Å²) in [5, 5.41) is 8.20. The van der Waals surface area contributed by atoms with Crippen molar-refractivity contribution in [3.63, 3.8) is 0 Å².